The van der Waals surface area contributed by atoms with Gasteiger partial charge in [-0.2, -0.15) is 0 Å². The Morgan fingerprint density at radius 1 is 1.29 bits per heavy atom. The molecule has 0 unspecified atom stereocenters. The van der Waals surface area contributed by atoms with E-state index in [4.69, 9.17) is 4.74 Å². The van der Waals surface area contributed by atoms with Gasteiger partial charge < -0.3 is 0 Å². The molecule has 0 aliphatic carbocycles. The summed E-state index contributed by atoms with van der Waals surface area (Å²) in [7, 11) is 0. The van der Waals surface area contributed by atoms with Gasteiger partial charge in [-0.15, -0.1) is 0 Å². The van der Waals surface area contributed by atoms with Crippen LogP contribution in [0.25, 0.3) is 0 Å². The van der Waals surface area contributed by atoms with Crippen molar-refractivity contribution in [3.63, 3.8) is 0 Å². The van der Waals surface area contributed by atoms with Gasteiger partial charge in [0.1, 0.15) is 0 Å². The summed E-state index contributed by atoms with van der Waals surface area (Å²) in [6.45, 7) is 4.15. The quantitative estimate of drug-likeness (QED) is 0.489. The molecule has 1 heterocycles. The van der Waals surface area contributed by atoms with Gasteiger partial charge in [-0.1, -0.05) is 0 Å². The molecule has 1 rings (SSSR count). The van der Waals surface area contributed by atoms with Gasteiger partial charge in [0.2, 0.25) is 0 Å². The molecule has 3 radical (unpaired) electrons. The SMILES string of the molecule is [Sn][N]1CCOCC1. The van der Waals surface area contributed by atoms with Gasteiger partial charge in [-0.3, -0.25) is 0 Å². The number of morpholine rings is 1. The van der Waals surface area contributed by atoms with E-state index < -0.39 is 0 Å². The topological polar surface area (TPSA) is 12.5 Å². The van der Waals surface area contributed by atoms with Crippen LogP contribution >= 0.6 is 0 Å². The Bertz CT molecular complexity index is 53.7. The monoisotopic (exact) mass is 206 g/mol. The van der Waals surface area contributed by atoms with Gasteiger partial charge in [0, 0.05) is 0 Å². The summed E-state index contributed by atoms with van der Waals surface area (Å²) in [5.41, 5.74) is 0. The van der Waals surface area contributed by atoms with Crippen molar-refractivity contribution < 1.29 is 4.74 Å². The molecule has 0 aromatic heterocycles. The average molecular weight is 205 g/mol. The maximum absolute atomic E-state index is 5.11. The first kappa shape index (κ1) is 5.85. The van der Waals surface area contributed by atoms with Crippen LogP contribution in [-0.4, -0.2) is 52.2 Å². The molecule has 0 bridgehead atoms. The second-order valence-electron chi connectivity index (χ2n) is 1.60. The maximum atomic E-state index is 5.11. The van der Waals surface area contributed by atoms with E-state index in [9.17, 15) is 0 Å². The fraction of sp³-hybridized carbons (Fsp3) is 1.00. The van der Waals surface area contributed by atoms with E-state index in [0.29, 0.717) is 0 Å². The average Bonchev–Trinajstić information content (AvgIpc) is 1.69. The molecule has 0 aromatic carbocycles. The zero-order valence-electron chi connectivity index (χ0n) is 4.18. The van der Waals surface area contributed by atoms with Crippen molar-refractivity contribution >= 4 is 22.8 Å². The normalized spacial score (nSPS) is 25.3. The van der Waals surface area contributed by atoms with E-state index in [1.54, 1.807) is 0 Å². The molecule has 0 spiro atoms. The second-order valence-corrected chi connectivity index (χ2v) is 3.40. The molecular weight excluding hydrogens is 197 g/mol. The van der Waals surface area contributed by atoms with Crippen LogP contribution in [-0.2, 0) is 4.74 Å². The molecule has 0 atom stereocenters. The summed E-state index contributed by atoms with van der Waals surface area (Å²) < 4.78 is 7.47. The van der Waals surface area contributed by atoms with Crippen LogP contribution in [0.4, 0.5) is 0 Å². The first-order chi connectivity index (χ1) is 3.39. The fourth-order valence-electron chi connectivity index (χ4n) is 0.563. The molecule has 2 nitrogen and oxygen atoms in total. The van der Waals surface area contributed by atoms with E-state index in [1.165, 1.54) is 22.8 Å². The molecule has 39 valence electrons. The van der Waals surface area contributed by atoms with Crippen molar-refractivity contribution in [2.45, 2.75) is 0 Å². The summed E-state index contributed by atoms with van der Waals surface area (Å²) in [6, 6.07) is 0. The van der Waals surface area contributed by atoms with Gasteiger partial charge in [0.15, 0.2) is 0 Å². The van der Waals surface area contributed by atoms with Crippen LogP contribution < -0.4 is 0 Å². The number of rotatable bonds is 0. The van der Waals surface area contributed by atoms with Gasteiger partial charge in [0.25, 0.3) is 0 Å². The van der Waals surface area contributed by atoms with Gasteiger partial charge in [-0.25, -0.2) is 0 Å². The Morgan fingerprint density at radius 2 is 1.86 bits per heavy atom. The van der Waals surface area contributed by atoms with E-state index >= 15 is 0 Å². The van der Waals surface area contributed by atoms with E-state index in [1.807, 2.05) is 0 Å². The number of nitrogens with zero attached hydrogens (tertiary/aromatic N) is 1. The molecule has 0 aromatic rings. The Balaban J connectivity index is 2.12. The summed E-state index contributed by atoms with van der Waals surface area (Å²) in [4.78, 5) is 0. The minimum absolute atomic E-state index is 0.936. The third-order valence-electron chi connectivity index (χ3n) is 1.01. The standard InChI is InChI=1S/C4H8NO.Sn/c1-3-6-4-2-5-1;/h1-4H2;/q-1;+1. The van der Waals surface area contributed by atoms with Crippen molar-refractivity contribution in [2.24, 2.45) is 0 Å². The van der Waals surface area contributed by atoms with Crippen LogP contribution in [0.15, 0.2) is 0 Å². The van der Waals surface area contributed by atoms with Crippen molar-refractivity contribution in [1.82, 2.24) is 3.12 Å². The molecule has 0 N–H and O–H groups in total. The summed E-state index contributed by atoms with van der Waals surface area (Å²) >= 11 is 1.52. The third-order valence-corrected chi connectivity index (χ3v) is 2.29. The van der Waals surface area contributed by atoms with Crippen LogP contribution in [0.1, 0.15) is 0 Å². The first-order valence-corrected chi connectivity index (χ1v) is 3.71. The van der Waals surface area contributed by atoms with Gasteiger partial charge in [0.05, 0.1) is 0 Å². The molecular formula is C4H8NOSn. The Labute approximate surface area is 57.3 Å². The first-order valence-electron chi connectivity index (χ1n) is 2.43. The molecule has 1 aliphatic rings. The number of hydrogen-bond donors (Lipinski definition) is 0. The Hall–Kier alpha value is 0.719. The van der Waals surface area contributed by atoms with Crippen molar-refractivity contribution in [3.8, 4) is 0 Å². The van der Waals surface area contributed by atoms with Gasteiger partial charge >= 0.3 is 57.0 Å². The Kier molecular flexibility index (Phi) is 2.41. The zero-order chi connectivity index (χ0) is 5.11. The van der Waals surface area contributed by atoms with Crippen LogP contribution in [0.2, 0.25) is 0 Å². The van der Waals surface area contributed by atoms with Crippen LogP contribution in [0.3, 0.4) is 0 Å². The number of ether oxygens (including phenoxy) is 1. The van der Waals surface area contributed by atoms with Crippen molar-refractivity contribution in [3.05, 3.63) is 0 Å². The summed E-state index contributed by atoms with van der Waals surface area (Å²) in [5, 5.41) is 0. The van der Waals surface area contributed by atoms with Crippen molar-refractivity contribution in [1.29, 1.82) is 0 Å². The molecule has 1 fully saturated rings. The molecule has 7 heavy (non-hydrogen) atoms. The van der Waals surface area contributed by atoms with E-state index in [-0.39, 0.29) is 0 Å². The molecule has 1 aliphatic heterocycles. The predicted molar refractivity (Wildman–Crippen MR) is 28.1 cm³/mol. The van der Waals surface area contributed by atoms with Crippen molar-refractivity contribution in [2.75, 3.05) is 26.3 Å². The van der Waals surface area contributed by atoms with Crippen LogP contribution in [0.5, 0.6) is 0 Å². The number of hydrogen-bond acceptors (Lipinski definition) is 2. The third kappa shape index (κ3) is 1.97. The fourth-order valence-corrected chi connectivity index (χ4v) is 1.08. The summed E-state index contributed by atoms with van der Waals surface area (Å²) in [6.07, 6.45) is 0. The zero-order valence-corrected chi connectivity index (χ0v) is 7.04. The van der Waals surface area contributed by atoms with Crippen LogP contribution in [0, 0.1) is 0 Å². The predicted octanol–water partition coefficient (Wildman–Crippen LogP) is -0.598. The molecule has 3 heteroatoms. The second kappa shape index (κ2) is 2.89. The van der Waals surface area contributed by atoms with Gasteiger partial charge in [-0.05, 0) is 0 Å². The Morgan fingerprint density at radius 3 is 2.14 bits per heavy atom. The molecule has 0 saturated carbocycles. The van der Waals surface area contributed by atoms with E-state index in [2.05, 4.69) is 3.12 Å². The van der Waals surface area contributed by atoms with E-state index in [0.717, 1.165) is 26.3 Å². The summed E-state index contributed by atoms with van der Waals surface area (Å²) in [5.74, 6) is 0. The minimum atomic E-state index is 0.936. The molecule has 1 saturated heterocycles. The molecule has 0 amide bonds.